The van der Waals surface area contributed by atoms with E-state index in [4.69, 9.17) is 9.15 Å². The highest BCUT2D eigenvalue weighted by molar-refractivity contribution is 5.74. The van der Waals surface area contributed by atoms with E-state index in [1.165, 1.54) is 0 Å². The number of aryl methyl sites for hydroxylation is 1. The van der Waals surface area contributed by atoms with Crippen LogP contribution in [0.5, 0.6) is 0 Å². The summed E-state index contributed by atoms with van der Waals surface area (Å²) in [6, 6.07) is 11.5. The molecule has 2 rings (SSSR count). The van der Waals surface area contributed by atoms with Gasteiger partial charge in [0.2, 0.25) is 0 Å². The summed E-state index contributed by atoms with van der Waals surface area (Å²) in [7, 11) is 1.62. The van der Waals surface area contributed by atoms with Crippen molar-refractivity contribution in [2.45, 2.75) is 26.4 Å². The molecule has 23 heavy (non-hydrogen) atoms. The summed E-state index contributed by atoms with van der Waals surface area (Å²) in [5, 5.41) is 3.05. The van der Waals surface area contributed by atoms with Crippen LogP contribution < -0.4 is 5.32 Å². The van der Waals surface area contributed by atoms with Gasteiger partial charge < -0.3 is 19.4 Å². The number of furan rings is 1. The Balaban J connectivity index is 2.03. The average Bonchev–Trinajstić information content (AvgIpc) is 3.04. The quantitative estimate of drug-likeness (QED) is 0.850. The minimum atomic E-state index is -0.130. The molecule has 0 saturated carbocycles. The number of nitrogens with one attached hydrogen (secondary N) is 1. The third kappa shape index (κ3) is 4.86. The predicted molar refractivity (Wildman–Crippen MR) is 89.1 cm³/mol. The fourth-order valence-electron chi connectivity index (χ4n) is 2.47. The molecule has 1 unspecified atom stereocenters. The summed E-state index contributed by atoms with van der Waals surface area (Å²) < 4.78 is 10.4. The van der Waals surface area contributed by atoms with Crippen molar-refractivity contribution in [1.82, 2.24) is 10.2 Å². The molecule has 0 bridgehead atoms. The summed E-state index contributed by atoms with van der Waals surface area (Å²) >= 11 is 0. The smallest absolute Gasteiger partial charge is 0.318 e. The van der Waals surface area contributed by atoms with Gasteiger partial charge in [0.15, 0.2) is 0 Å². The lowest BCUT2D eigenvalue weighted by molar-refractivity contribution is 0.141. The molecule has 0 aliphatic rings. The lowest BCUT2D eigenvalue weighted by Gasteiger charge is -2.25. The van der Waals surface area contributed by atoms with Crippen LogP contribution in [0.2, 0.25) is 0 Å². The summed E-state index contributed by atoms with van der Waals surface area (Å²) in [4.78, 5) is 14.3. The fraction of sp³-hybridized carbons (Fsp3) is 0.389. The van der Waals surface area contributed by atoms with Gasteiger partial charge in [-0.2, -0.15) is 0 Å². The molecule has 1 atom stereocenters. The number of carbonyl (C=O) groups excluding carboxylic acids is 1. The fourth-order valence-corrected chi connectivity index (χ4v) is 2.47. The van der Waals surface area contributed by atoms with Crippen LogP contribution in [0.4, 0.5) is 4.79 Å². The normalized spacial score (nSPS) is 12.0. The summed E-state index contributed by atoms with van der Waals surface area (Å²) in [5.41, 5.74) is 2.28. The SMILES string of the molecule is COCCN(Cc1ccco1)C(=O)NC(C)c1ccccc1C. The van der Waals surface area contributed by atoms with Crippen molar-refractivity contribution < 1.29 is 13.9 Å². The van der Waals surface area contributed by atoms with E-state index in [-0.39, 0.29) is 12.1 Å². The van der Waals surface area contributed by atoms with Crippen LogP contribution in [-0.4, -0.2) is 31.2 Å². The molecule has 1 aromatic heterocycles. The molecule has 5 nitrogen and oxygen atoms in total. The molecule has 2 amide bonds. The highest BCUT2D eigenvalue weighted by Gasteiger charge is 2.18. The third-order valence-electron chi connectivity index (χ3n) is 3.77. The van der Waals surface area contributed by atoms with Gasteiger partial charge in [-0.3, -0.25) is 0 Å². The van der Waals surface area contributed by atoms with Gasteiger partial charge in [0.1, 0.15) is 5.76 Å². The maximum absolute atomic E-state index is 12.6. The number of urea groups is 1. The Morgan fingerprint density at radius 2 is 2.09 bits per heavy atom. The number of carbonyl (C=O) groups is 1. The Bertz CT molecular complexity index is 610. The van der Waals surface area contributed by atoms with Crippen molar-refractivity contribution in [1.29, 1.82) is 0 Å². The van der Waals surface area contributed by atoms with Crippen LogP contribution in [-0.2, 0) is 11.3 Å². The highest BCUT2D eigenvalue weighted by atomic mass is 16.5. The van der Waals surface area contributed by atoms with Gasteiger partial charge >= 0.3 is 6.03 Å². The standard InChI is InChI=1S/C18H24N2O3/c1-14-7-4-5-9-17(14)15(2)19-18(21)20(10-12-22-3)13-16-8-6-11-23-16/h4-9,11,15H,10,12-13H2,1-3H3,(H,19,21). The first-order chi connectivity index (χ1) is 11.1. The topological polar surface area (TPSA) is 54.7 Å². The number of amides is 2. The van der Waals surface area contributed by atoms with Gasteiger partial charge in [0.25, 0.3) is 0 Å². The van der Waals surface area contributed by atoms with E-state index < -0.39 is 0 Å². The van der Waals surface area contributed by atoms with Crippen molar-refractivity contribution in [3.8, 4) is 0 Å². The second-order valence-electron chi connectivity index (χ2n) is 5.52. The van der Waals surface area contributed by atoms with E-state index in [1.807, 2.05) is 50.2 Å². The minimum Gasteiger partial charge on any atom is -0.467 e. The zero-order valence-electron chi connectivity index (χ0n) is 13.9. The second kappa shape index (κ2) is 8.39. The van der Waals surface area contributed by atoms with Gasteiger partial charge in [-0.25, -0.2) is 4.79 Å². The van der Waals surface area contributed by atoms with Crippen LogP contribution in [0.1, 0.15) is 29.9 Å². The van der Waals surface area contributed by atoms with E-state index in [2.05, 4.69) is 5.32 Å². The minimum absolute atomic E-state index is 0.0645. The second-order valence-corrected chi connectivity index (χ2v) is 5.52. The van der Waals surface area contributed by atoms with Crippen LogP contribution in [0.25, 0.3) is 0 Å². The van der Waals surface area contributed by atoms with E-state index >= 15 is 0 Å². The molecule has 0 saturated heterocycles. The van der Waals surface area contributed by atoms with Crippen LogP contribution in [0.3, 0.4) is 0 Å². The molecule has 0 spiro atoms. The molecular weight excluding hydrogens is 292 g/mol. The summed E-state index contributed by atoms with van der Waals surface area (Å²) in [6.07, 6.45) is 1.61. The first-order valence-electron chi connectivity index (χ1n) is 7.74. The number of rotatable bonds is 7. The van der Waals surface area contributed by atoms with E-state index in [0.717, 1.165) is 16.9 Å². The lowest BCUT2D eigenvalue weighted by atomic mass is 10.0. The van der Waals surface area contributed by atoms with Crippen molar-refractivity contribution >= 4 is 6.03 Å². The molecule has 124 valence electrons. The molecule has 0 aliphatic heterocycles. The number of benzene rings is 1. The van der Waals surface area contributed by atoms with Crippen LogP contribution in [0, 0.1) is 6.92 Å². The van der Waals surface area contributed by atoms with Crippen LogP contribution >= 0.6 is 0 Å². The van der Waals surface area contributed by atoms with Gasteiger partial charge in [-0.05, 0) is 37.1 Å². The molecule has 0 radical (unpaired) electrons. The number of ether oxygens (including phenoxy) is 1. The molecular formula is C18H24N2O3. The van der Waals surface area contributed by atoms with Crippen molar-refractivity contribution in [2.24, 2.45) is 0 Å². The maximum Gasteiger partial charge on any atom is 0.318 e. The number of hydrogen-bond donors (Lipinski definition) is 1. The molecule has 1 N–H and O–H groups in total. The first-order valence-corrected chi connectivity index (χ1v) is 7.74. The predicted octanol–water partition coefficient (Wildman–Crippen LogP) is 3.51. The molecule has 0 fully saturated rings. The maximum atomic E-state index is 12.6. The van der Waals surface area contributed by atoms with Crippen molar-refractivity contribution in [3.63, 3.8) is 0 Å². The van der Waals surface area contributed by atoms with Crippen molar-refractivity contribution in [2.75, 3.05) is 20.3 Å². The first kappa shape index (κ1) is 17.1. The lowest BCUT2D eigenvalue weighted by Crippen LogP contribution is -2.42. The molecule has 1 heterocycles. The van der Waals surface area contributed by atoms with Crippen molar-refractivity contribution in [3.05, 3.63) is 59.5 Å². The number of hydrogen-bond acceptors (Lipinski definition) is 3. The molecule has 2 aromatic rings. The highest BCUT2D eigenvalue weighted by Crippen LogP contribution is 2.17. The zero-order valence-corrected chi connectivity index (χ0v) is 13.9. The Morgan fingerprint density at radius 3 is 2.74 bits per heavy atom. The Hall–Kier alpha value is -2.27. The average molecular weight is 316 g/mol. The van der Waals surface area contributed by atoms with Gasteiger partial charge in [0, 0.05) is 13.7 Å². The summed E-state index contributed by atoms with van der Waals surface area (Å²) in [6.45, 7) is 5.43. The van der Waals surface area contributed by atoms with Crippen LogP contribution in [0.15, 0.2) is 47.1 Å². The Labute approximate surface area is 137 Å². The third-order valence-corrected chi connectivity index (χ3v) is 3.77. The van der Waals surface area contributed by atoms with Gasteiger partial charge in [-0.15, -0.1) is 0 Å². The van der Waals surface area contributed by atoms with E-state index in [0.29, 0.717) is 19.7 Å². The Kier molecular flexibility index (Phi) is 6.23. The molecule has 1 aromatic carbocycles. The monoisotopic (exact) mass is 316 g/mol. The largest absolute Gasteiger partial charge is 0.467 e. The molecule has 5 heteroatoms. The number of nitrogens with zero attached hydrogens (tertiary/aromatic N) is 1. The van der Waals surface area contributed by atoms with Gasteiger partial charge in [0.05, 0.1) is 25.5 Å². The Morgan fingerprint density at radius 1 is 1.30 bits per heavy atom. The van der Waals surface area contributed by atoms with E-state index in [9.17, 15) is 4.79 Å². The van der Waals surface area contributed by atoms with E-state index in [1.54, 1.807) is 18.3 Å². The summed E-state index contributed by atoms with van der Waals surface area (Å²) in [5.74, 6) is 0.750. The van der Waals surface area contributed by atoms with Gasteiger partial charge in [-0.1, -0.05) is 24.3 Å². The number of methoxy groups -OCH3 is 1. The molecule has 0 aliphatic carbocycles. The zero-order chi connectivity index (χ0) is 16.7.